The second kappa shape index (κ2) is 6.42. The number of carbonyl (C=O) groups is 1. The summed E-state index contributed by atoms with van der Waals surface area (Å²) >= 11 is 0. The molecule has 0 aliphatic heterocycles. The molecule has 1 rings (SSSR count). The van der Waals surface area contributed by atoms with Gasteiger partial charge >= 0.3 is 5.97 Å². The van der Waals surface area contributed by atoms with Crippen molar-refractivity contribution in [3.63, 3.8) is 0 Å². The van der Waals surface area contributed by atoms with E-state index < -0.39 is 12.2 Å². The van der Waals surface area contributed by atoms with Crippen molar-refractivity contribution in [3.8, 4) is 6.07 Å². The molecule has 5 nitrogen and oxygen atoms in total. The number of nitrogens with zero attached hydrogens (tertiary/aromatic N) is 1. The Morgan fingerprint density at radius 1 is 1.67 bits per heavy atom. The molecule has 1 unspecified atom stereocenters. The zero-order valence-corrected chi connectivity index (χ0v) is 10.0. The minimum Gasteiger partial charge on any atom is -0.458 e. The van der Waals surface area contributed by atoms with Crippen LogP contribution in [0.1, 0.15) is 12.5 Å². The van der Waals surface area contributed by atoms with E-state index in [1.165, 1.54) is 6.92 Å². The van der Waals surface area contributed by atoms with E-state index in [2.05, 4.69) is 11.9 Å². The van der Waals surface area contributed by atoms with E-state index in [0.717, 1.165) is 0 Å². The van der Waals surface area contributed by atoms with E-state index in [-0.39, 0.29) is 12.2 Å². The maximum absolute atomic E-state index is 11.1. The third kappa shape index (κ3) is 4.28. The number of nitrogens with one attached hydrogen (secondary N) is 1. The third-order valence-corrected chi connectivity index (χ3v) is 2.05. The molecule has 0 saturated heterocycles. The molecule has 0 aliphatic rings. The van der Waals surface area contributed by atoms with Crippen molar-refractivity contribution in [2.75, 3.05) is 11.9 Å². The van der Waals surface area contributed by atoms with Crippen molar-refractivity contribution >= 4 is 11.7 Å². The highest BCUT2D eigenvalue weighted by molar-refractivity contribution is 5.86. The van der Waals surface area contributed by atoms with Crippen LogP contribution in [0.4, 0.5) is 5.69 Å². The Bertz CT molecular complexity index is 491. The fourth-order valence-corrected chi connectivity index (χ4v) is 1.19. The fourth-order valence-electron chi connectivity index (χ4n) is 1.19. The molecule has 1 aromatic carbocycles. The van der Waals surface area contributed by atoms with Crippen molar-refractivity contribution in [3.05, 3.63) is 42.0 Å². The fraction of sp³-hybridized carbons (Fsp3) is 0.231. The van der Waals surface area contributed by atoms with Crippen LogP contribution in [-0.2, 0) is 9.53 Å². The lowest BCUT2D eigenvalue weighted by molar-refractivity contribution is -0.141. The summed E-state index contributed by atoms with van der Waals surface area (Å²) in [7, 11) is 0. The number of anilines is 1. The first kappa shape index (κ1) is 13.7. The second-order valence-electron chi connectivity index (χ2n) is 3.73. The Labute approximate surface area is 105 Å². The van der Waals surface area contributed by atoms with Crippen molar-refractivity contribution in [1.82, 2.24) is 0 Å². The molecule has 0 aromatic heterocycles. The molecule has 2 N–H and O–H groups in total. The maximum Gasteiger partial charge on any atom is 0.333 e. The van der Waals surface area contributed by atoms with Gasteiger partial charge in [0.1, 0.15) is 6.61 Å². The molecule has 18 heavy (non-hydrogen) atoms. The third-order valence-electron chi connectivity index (χ3n) is 2.05. The van der Waals surface area contributed by atoms with Crippen LogP contribution < -0.4 is 5.32 Å². The van der Waals surface area contributed by atoms with Gasteiger partial charge < -0.3 is 15.2 Å². The van der Waals surface area contributed by atoms with E-state index in [9.17, 15) is 9.90 Å². The van der Waals surface area contributed by atoms with Gasteiger partial charge in [-0.05, 0) is 25.1 Å². The molecule has 0 heterocycles. The molecule has 0 bridgehead atoms. The highest BCUT2D eigenvalue weighted by Crippen LogP contribution is 2.10. The summed E-state index contributed by atoms with van der Waals surface area (Å²) in [5, 5.41) is 21.0. The van der Waals surface area contributed by atoms with Crippen LogP contribution >= 0.6 is 0 Å². The van der Waals surface area contributed by atoms with Gasteiger partial charge in [0.05, 0.1) is 11.6 Å². The van der Waals surface area contributed by atoms with Gasteiger partial charge in [-0.3, -0.25) is 0 Å². The summed E-state index contributed by atoms with van der Waals surface area (Å²) in [6.07, 6.45) is -1.04. The monoisotopic (exact) mass is 246 g/mol. The summed E-state index contributed by atoms with van der Waals surface area (Å²) in [6.45, 7) is 4.76. The van der Waals surface area contributed by atoms with E-state index in [1.54, 1.807) is 24.3 Å². The number of aliphatic hydroxyl groups excluding tert-OH is 1. The number of rotatable bonds is 5. The predicted octanol–water partition coefficient (Wildman–Crippen LogP) is 1.41. The lowest BCUT2D eigenvalue weighted by Crippen LogP contribution is -2.26. The van der Waals surface area contributed by atoms with Crippen LogP contribution in [0.25, 0.3) is 0 Å². The Morgan fingerprint density at radius 2 is 2.39 bits per heavy atom. The molecule has 0 amide bonds. The lowest BCUT2D eigenvalue weighted by Gasteiger charge is -2.14. The molecule has 94 valence electrons. The molecule has 5 heteroatoms. The molecular formula is C13H14N2O3. The standard InChI is InChI=1S/C13H14N2O3/c1-9(2)13(17)18-8-12(16)15-11-5-3-4-10(6-11)7-14/h3-6,12,15-16H,1,8H2,2H3. The SMILES string of the molecule is C=C(C)C(=O)OCC(O)Nc1cccc(C#N)c1. The first-order chi connectivity index (χ1) is 8.52. The van der Waals surface area contributed by atoms with Gasteiger partial charge in [0, 0.05) is 11.3 Å². The molecule has 1 atom stereocenters. The van der Waals surface area contributed by atoms with Gasteiger partial charge in [0.25, 0.3) is 0 Å². The number of benzene rings is 1. The quantitative estimate of drug-likeness (QED) is 0.466. The van der Waals surface area contributed by atoms with Crippen LogP contribution in [0.15, 0.2) is 36.4 Å². The highest BCUT2D eigenvalue weighted by Gasteiger charge is 2.09. The smallest absolute Gasteiger partial charge is 0.333 e. The van der Waals surface area contributed by atoms with Gasteiger partial charge in [0.2, 0.25) is 0 Å². The van der Waals surface area contributed by atoms with E-state index in [0.29, 0.717) is 11.3 Å². The molecule has 0 radical (unpaired) electrons. The summed E-state index contributed by atoms with van der Waals surface area (Å²) in [5.41, 5.74) is 1.33. The largest absolute Gasteiger partial charge is 0.458 e. The van der Waals surface area contributed by atoms with Gasteiger partial charge in [-0.25, -0.2) is 4.79 Å². The Balaban J connectivity index is 2.49. The number of carbonyl (C=O) groups excluding carboxylic acids is 1. The Hall–Kier alpha value is -2.32. The average Bonchev–Trinajstić information content (AvgIpc) is 2.36. The van der Waals surface area contributed by atoms with Crippen LogP contribution in [0.2, 0.25) is 0 Å². The first-order valence-electron chi connectivity index (χ1n) is 5.30. The topological polar surface area (TPSA) is 82.3 Å². The maximum atomic E-state index is 11.1. The summed E-state index contributed by atoms with van der Waals surface area (Å²) < 4.78 is 4.78. The van der Waals surface area contributed by atoms with Crippen molar-refractivity contribution in [2.45, 2.75) is 13.2 Å². The van der Waals surface area contributed by atoms with Crippen molar-refractivity contribution < 1.29 is 14.6 Å². The average molecular weight is 246 g/mol. The summed E-state index contributed by atoms with van der Waals surface area (Å²) in [5.74, 6) is -0.554. The van der Waals surface area contributed by atoms with Crippen LogP contribution in [0.5, 0.6) is 0 Å². The van der Waals surface area contributed by atoms with Gasteiger partial charge in [0.15, 0.2) is 6.23 Å². The minimum absolute atomic E-state index is 0.192. The number of aliphatic hydroxyl groups is 1. The van der Waals surface area contributed by atoms with E-state index in [1.807, 2.05) is 6.07 Å². The Kier molecular flexibility index (Phi) is 4.90. The molecular weight excluding hydrogens is 232 g/mol. The molecule has 0 fully saturated rings. The molecule has 0 spiro atoms. The number of nitriles is 1. The minimum atomic E-state index is -1.04. The molecule has 0 saturated carbocycles. The number of esters is 1. The van der Waals surface area contributed by atoms with Crippen LogP contribution in [0.3, 0.4) is 0 Å². The predicted molar refractivity (Wildman–Crippen MR) is 66.6 cm³/mol. The second-order valence-corrected chi connectivity index (χ2v) is 3.73. The zero-order chi connectivity index (χ0) is 13.5. The van der Waals surface area contributed by atoms with Gasteiger partial charge in [-0.2, -0.15) is 5.26 Å². The van der Waals surface area contributed by atoms with Crippen molar-refractivity contribution in [2.24, 2.45) is 0 Å². The summed E-state index contributed by atoms with van der Waals surface area (Å²) in [6, 6.07) is 8.61. The van der Waals surface area contributed by atoms with E-state index >= 15 is 0 Å². The number of ether oxygens (including phenoxy) is 1. The van der Waals surface area contributed by atoms with Crippen molar-refractivity contribution in [1.29, 1.82) is 5.26 Å². The number of hydrogen-bond donors (Lipinski definition) is 2. The van der Waals surface area contributed by atoms with Gasteiger partial charge in [-0.15, -0.1) is 0 Å². The highest BCUT2D eigenvalue weighted by atomic mass is 16.5. The normalized spacial score (nSPS) is 11.2. The van der Waals surface area contributed by atoms with Gasteiger partial charge in [-0.1, -0.05) is 12.6 Å². The van der Waals surface area contributed by atoms with Crippen LogP contribution in [-0.4, -0.2) is 23.9 Å². The number of hydrogen-bond acceptors (Lipinski definition) is 5. The zero-order valence-electron chi connectivity index (χ0n) is 10.0. The van der Waals surface area contributed by atoms with Crippen LogP contribution in [0, 0.1) is 11.3 Å². The lowest BCUT2D eigenvalue weighted by atomic mass is 10.2. The molecule has 0 aliphatic carbocycles. The first-order valence-corrected chi connectivity index (χ1v) is 5.30. The molecule has 1 aromatic rings. The van der Waals surface area contributed by atoms with E-state index in [4.69, 9.17) is 10.00 Å². The Morgan fingerprint density at radius 3 is 3.00 bits per heavy atom. The summed E-state index contributed by atoms with van der Waals surface area (Å²) in [4.78, 5) is 11.1.